The van der Waals surface area contributed by atoms with Crippen LogP contribution in [0.2, 0.25) is 5.02 Å². The highest BCUT2D eigenvalue weighted by molar-refractivity contribution is 6.32. The van der Waals surface area contributed by atoms with Crippen LogP contribution in [0.25, 0.3) is 22.7 Å². The van der Waals surface area contributed by atoms with Crippen LogP contribution in [0.4, 0.5) is 0 Å². The van der Waals surface area contributed by atoms with Gasteiger partial charge in [-0.05, 0) is 5.56 Å². The Kier molecular flexibility index (Phi) is 2.97. The van der Waals surface area contributed by atoms with Crippen LogP contribution in [0, 0.1) is 0 Å². The Bertz CT molecular complexity index is 934. The van der Waals surface area contributed by atoms with E-state index in [9.17, 15) is 0 Å². The number of nitrogens with zero attached hydrogens (tertiary/aromatic N) is 5. The van der Waals surface area contributed by atoms with Gasteiger partial charge in [0.25, 0.3) is 0 Å². The number of rotatable bonds is 3. The lowest BCUT2D eigenvalue weighted by Crippen LogP contribution is -2.01. The molecule has 1 N–H and O–H groups in total. The van der Waals surface area contributed by atoms with Crippen LogP contribution >= 0.6 is 11.6 Å². The van der Waals surface area contributed by atoms with Crippen molar-refractivity contribution in [1.82, 2.24) is 29.5 Å². The molecule has 0 spiro atoms. The number of nitrogens with one attached hydrogen (secondary N) is 1. The van der Waals surface area contributed by atoms with E-state index >= 15 is 0 Å². The monoisotopic (exact) mass is 312 g/mol. The molecule has 0 saturated carbocycles. The molecule has 4 aromatic rings. The summed E-state index contributed by atoms with van der Waals surface area (Å²) in [6.07, 6.45) is 3.52. The Morgan fingerprint density at radius 1 is 1.23 bits per heavy atom. The van der Waals surface area contributed by atoms with Gasteiger partial charge in [-0.2, -0.15) is 10.2 Å². The minimum Gasteiger partial charge on any atom is -0.334 e. The molecule has 3 aromatic heterocycles. The van der Waals surface area contributed by atoms with E-state index in [4.69, 9.17) is 11.6 Å². The van der Waals surface area contributed by atoms with E-state index in [1.54, 1.807) is 17.1 Å². The Morgan fingerprint density at radius 3 is 2.77 bits per heavy atom. The summed E-state index contributed by atoms with van der Waals surface area (Å²) in [4.78, 5) is 7.82. The van der Waals surface area contributed by atoms with Crippen LogP contribution in [0.5, 0.6) is 0 Å². The lowest BCUT2D eigenvalue weighted by molar-refractivity contribution is 0.704. The van der Waals surface area contributed by atoms with Gasteiger partial charge in [0.15, 0.2) is 11.5 Å². The molecule has 0 aliphatic rings. The average Bonchev–Trinajstić information content (AvgIpc) is 3.16. The third kappa shape index (κ3) is 2.17. The first kappa shape index (κ1) is 13.1. The SMILES string of the molecule is Cn1cc(Cl)c(-c2nc3c(cnn3Cc3ccccc3)[nH]2)n1. The number of halogens is 1. The topological polar surface area (TPSA) is 64.3 Å². The van der Waals surface area contributed by atoms with Gasteiger partial charge in [-0.15, -0.1) is 0 Å². The van der Waals surface area contributed by atoms with Gasteiger partial charge in [-0.1, -0.05) is 41.9 Å². The maximum atomic E-state index is 6.18. The minimum atomic E-state index is 0.571. The molecular formula is C15H13ClN6. The summed E-state index contributed by atoms with van der Waals surface area (Å²) in [6.45, 7) is 0.671. The van der Waals surface area contributed by atoms with Gasteiger partial charge >= 0.3 is 0 Å². The van der Waals surface area contributed by atoms with Gasteiger partial charge in [-0.25, -0.2) is 9.67 Å². The van der Waals surface area contributed by atoms with Crippen LogP contribution in [0.15, 0.2) is 42.7 Å². The molecule has 0 amide bonds. The fourth-order valence-corrected chi connectivity index (χ4v) is 2.72. The van der Waals surface area contributed by atoms with Crippen molar-refractivity contribution in [3.8, 4) is 11.5 Å². The van der Waals surface area contributed by atoms with Gasteiger partial charge < -0.3 is 4.98 Å². The Morgan fingerprint density at radius 2 is 2.05 bits per heavy atom. The number of aromatic nitrogens is 6. The molecule has 0 atom stereocenters. The van der Waals surface area contributed by atoms with Gasteiger partial charge in [0.05, 0.1) is 17.8 Å². The molecule has 3 heterocycles. The largest absolute Gasteiger partial charge is 0.334 e. The van der Waals surface area contributed by atoms with Crippen LogP contribution < -0.4 is 0 Å². The summed E-state index contributed by atoms with van der Waals surface area (Å²) in [6, 6.07) is 10.2. The molecule has 0 bridgehead atoms. The fraction of sp³-hybridized carbons (Fsp3) is 0.133. The van der Waals surface area contributed by atoms with Crippen LogP contribution in [-0.4, -0.2) is 29.5 Å². The van der Waals surface area contributed by atoms with Crippen molar-refractivity contribution in [2.45, 2.75) is 6.54 Å². The van der Waals surface area contributed by atoms with E-state index in [2.05, 4.69) is 32.3 Å². The summed E-state index contributed by atoms with van der Waals surface area (Å²) >= 11 is 6.18. The summed E-state index contributed by atoms with van der Waals surface area (Å²) in [5.74, 6) is 0.653. The number of benzene rings is 1. The lowest BCUT2D eigenvalue weighted by atomic mass is 10.2. The van der Waals surface area contributed by atoms with Crippen LogP contribution in [0.3, 0.4) is 0 Å². The van der Waals surface area contributed by atoms with Gasteiger partial charge in [0.1, 0.15) is 11.2 Å². The Balaban J connectivity index is 1.75. The zero-order valence-electron chi connectivity index (χ0n) is 11.9. The maximum absolute atomic E-state index is 6.18. The number of H-pyrrole nitrogens is 1. The van der Waals surface area contributed by atoms with E-state index in [1.807, 2.05) is 29.9 Å². The Hall–Kier alpha value is -2.60. The molecule has 110 valence electrons. The van der Waals surface area contributed by atoms with E-state index in [0.29, 0.717) is 23.1 Å². The molecule has 0 aliphatic carbocycles. The number of aryl methyl sites for hydroxylation is 1. The molecular weight excluding hydrogens is 300 g/mol. The molecule has 0 saturated heterocycles. The quantitative estimate of drug-likeness (QED) is 0.632. The third-order valence-electron chi connectivity index (χ3n) is 3.47. The first-order chi connectivity index (χ1) is 10.7. The zero-order chi connectivity index (χ0) is 15.1. The molecule has 7 heteroatoms. The summed E-state index contributed by atoms with van der Waals surface area (Å²) in [5.41, 5.74) is 3.48. The average molecular weight is 313 g/mol. The van der Waals surface area contributed by atoms with E-state index in [-0.39, 0.29) is 0 Å². The minimum absolute atomic E-state index is 0.571. The summed E-state index contributed by atoms with van der Waals surface area (Å²) in [5, 5.41) is 9.28. The molecule has 1 aromatic carbocycles. The fourth-order valence-electron chi connectivity index (χ4n) is 2.45. The van der Waals surface area contributed by atoms with Crippen molar-refractivity contribution in [2.75, 3.05) is 0 Å². The number of hydrogen-bond acceptors (Lipinski definition) is 3. The van der Waals surface area contributed by atoms with Gasteiger partial charge in [0.2, 0.25) is 0 Å². The molecule has 6 nitrogen and oxygen atoms in total. The van der Waals surface area contributed by atoms with E-state index in [1.165, 1.54) is 5.56 Å². The smallest absolute Gasteiger partial charge is 0.177 e. The maximum Gasteiger partial charge on any atom is 0.177 e. The second-order valence-electron chi connectivity index (χ2n) is 5.11. The Labute approximate surface area is 131 Å². The predicted molar refractivity (Wildman–Crippen MR) is 84.6 cm³/mol. The number of aromatic amines is 1. The first-order valence-corrected chi connectivity index (χ1v) is 7.23. The van der Waals surface area contributed by atoms with Crippen molar-refractivity contribution in [3.63, 3.8) is 0 Å². The van der Waals surface area contributed by atoms with Crippen molar-refractivity contribution in [2.24, 2.45) is 7.05 Å². The molecule has 0 aliphatic heterocycles. The van der Waals surface area contributed by atoms with Crippen LogP contribution in [-0.2, 0) is 13.6 Å². The van der Waals surface area contributed by atoms with Crippen LogP contribution in [0.1, 0.15) is 5.56 Å². The second-order valence-corrected chi connectivity index (χ2v) is 5.52. The molecule has 4 rings (SSSR count). The first-order valence-electron chi connectivity index (χ1n) is 6.85. The second kappa shape index (κ2) is 4.99. The van der Waals surface area contributed by atoms with Gasteiger partial charge in [-0.3, -0.25) is 4.68 Å². The van der Waals surface area contributed by atoms with Gasteiger partial charge in [0, 0.05) is 13.2 Å². The summed E-state index contributed by atoms with van der Waals surface area (Å²) < 4.78 is 3.53. The summed E-state index contributed by atoms with van der Waals surface area (Å²) in [7, 11) is 1.83. The molecule has 0 fully saturated rings. The van der Waals surface area contributed by atoms with Crippen molar-refractivity contribution >= 4 is 22.8 Å². The highest BCUT2D eigenvalue weighted by atomic mass is 35.5. The van der Waals surface area contributed by atoms with E-state index < -0.39 is 0 Å². The van der Waals surface area contributed by atoms with Crippen molar-refractivity contribution < 1.29 is 0 Å². The molecule has 0 radical (unpaired) electrons. The van der Waals surface area contributed by atoms with Crippen molar-refractivity contribution in [1.29, 1.82) is 0 Å². The number of hydrogen-bond donors (Lipinski definition) is 1. The highest BCUT2D eigenvalue weighted by Crippen LogP contribution is 2.25. The zero-order valence-corrected chi connectivity index (χ0v) is 12.6. The normalized spacial score (nSPS) is 11.4. The highest BCUT2D eigenvalue weighted by Gasteiger charge is 2.15. The molecule has 0 unspecified atom stereocenters. The molecule has 22 heavy (non-hydrogen) atoms. The van der Waals surface area contributed by atoms with E-state index in [0.717, 1.165) is 11.2 Å². The van der Waals surface area contributed by atoms with Crippen molar-refractivity contribution in [3.05, 3.63) is 53.3 Å². The third-order valence-corrected chi connectivity index (χ3v) is 3.74. The number of fused-ring (bicyclic) bond motifs is 1. The lowest BCUT2D eigenvalue weighted by Gasteiger charge is -2.01. The predicted octanol–water partition coefficient (Wildman–Crippen LogP) is 2.86. The number of imidazole rings is 1. The standard InChI is InChI=1S/C15H13ClN6/c1-21-9-11(16)13(20-21)14-18-12-7-17-22(15(12)19-14)8-10-5-3-2-4-6-10/h2-7,9H,8H2,1H3,(H,18,19).